The number of anilines is 2. The van der Waals surface area contributed by atoms with Crippen LogP contribution in [0.25, 0.3) is 0 Å². The third-order valence-corrected chi connectivity index (χ3v) is 6.43. The van der Waals surface area contributed by atoms with Gasteiger partial charge in [-0.3, -0.25) is 9.69 Å². The largest absolute Gasteiger partial charge is 0.416 e. The number of alkyl halides is 6. The molecule has 186 valence electrons. The smallest absolute Gasteiger partial charge is 0.351 e. The molecule has 0 saturated carbocycles. The van der Waals surface area contributed by atoms with Crippen molar-refractivity contribution >= 4 is 17.3 Å². The van der Waals surface area contributed by atoms with E-state index in [1.54, 1.807) is 0 Å². The fourth-order valence-corrected chi connectivity index (χ4v) is 4.40. The number of hydrogen-bond donors (Lipinski definition) is 1. The fourth-order valence-electron chi connectivity index (χ4n) is 4.40. The first-order valence-corrected chi connectivity index (χ1v) is 11.1. The molecule has 2 aromatic rings. The molecule has 2 aliphatic rings. The topological polar surface area (TPSA) is 32.3 Å². The third kappa shape index (κ3) is 4.94. The Hall–Kier alpha value is -3.23. The molecule has 35 heavy (non-hydrogen) atoms. The van der Waals surface area contributed by atoms with Gasteiger partial charge in [-0.1, -0.05) is 39.0 Å². The lowest BCUT2D eigenvalue weighted by Gasteiger charge is -2.34. The van der Waals surface area contributed by atoms with Gasteiger partial charge in [0, 0.05) is 16.9 Å². The van der Waals surface area contributed by atoms with E-state index in [2.05, 4.69) is 26.1 Å². The Morgan fingerprint density at radius 1 is 0.886 bits per heavy atom. The van der Waals surface area contributed by atoms with Crippen LogP contribution < -0.4 is 10.2 Å². The lowest BCUT2D eigenvalue weighted by atomic mass is 9.72. The first-order chi connectivity index (χ1) is 16.2. The van der Waals surface area contributed by atoms with E-state index in [-0.39, 0.29) is 28.4 Å². The quantitative estimate of drug-likeness (QED) is 0.442. The SMILES string of the molecule is CC(C)(C)[C@H]1CC=C2C(=C(Nc3cccc(C(F)(F)F)c3)C(=O)N2c2cccc(C(F)(F)F)c2)C1. The normalized spacial score (nSPS) is 19.1. The number of benzene rings is 2. The molecule has 3 nitrogen and oxygen atoms in total. The van der Waals surface area contributed by atoms with Gasteiger partial charge in [0.1, 0.15) is 5.70 Å². The number of nitrogens with zero attached hydrogens (tertiary/aromatic N) is 1. The molecule has 1 N–H and O–H groups in total. The molecule has 0 aromatic heterocycles. The maximum absolute atomic E-state index is 13.5. The van der Waals surface area contributed by atoms with E-state index in [0.29, 0.717) is 24.1 Å². The van der Waals surface area contributed by atoms with Gasteiger partial charge < -0.3 is 5.32 Å². The zero-order valence-corrected chi connectivity index (χ0v) is 19.3. The van der Waals surface area contributed by atoms with E-state index in [0.717, 1.165) is 24.3 Å². The van der Waals surface area contributed by atoms with E-state index in [1.807, 2.05) is 6.08 Å². The minimum atomic E-state index is -4.59. The van der Waals surface area contributed by atoms with Gasteiger partial charge in [0.25, 0.3) is 5.91 Å². The van der Waals surface area contributed by atoms with Crippen molar-refractivity contribution in [1.29, 1.82) is 0 Å². The van der Waals surface area contributed by atoms with Crippen molar-refractivity contribution in [1.82, 2.24) is 0 Å². The number of halogens is 6. The second-order valence-electron chi connectivity index (χ2n) is 9.84. The Kier molecular flexibility index (Phi) is 6.02. The van der Waals surface area contributed by atoms with Gasteiger partial charge in [0.2, 0.25) is 0 Å². The van der Waals surface area contributed by atoms with E-state index in [9.17, 15) is 31.1 Å². The van der Waals surface area contributed by atoms with Crippen molar-refractivity contribution in [2.75, 3.05) is 10.2 Å². The molecule has 1 atom stereocenters. The number of hydrogen-bond acceptors (Lipinski definition) is 2. The van der Waals surface area contributed by atoms with E-state index in [4.69, 9.17) is 0 Å². The molecule has 0 bridgehead atoms. The predicted octanol–water partition coefficient (Wildman–Crippen LogP) is 7.78. The average Bonchev–Trinajstić information content (AvgIpc) is 3.03. The molecule has 2 aromatic carbocycles. The van der Waals surface area contributed by atoms with Crippen molar-refractivity contribution in [3.63, 3.8) is 0 Å². The summed E-state index contributed by atoms with van der Waals surface area (Å²) in [7, 11) is 0. The molecule has 0 radical (unpaired) electrons. The molecule has 1 amide bonds. The van der Waals surface area contributed by atoms with Crippen LogP contribution in [0.4, 0.5) is 37.7 Å². The zero-order valence-electron chi connectivity index (χ0n) is 19.3. The summed E-state index contributed by atoms with van der Waals surface area (Å²) < 4.78 is 79.6. The number of nitrogens with one attached hydrogen (secondary N) is 1. The monoisotopic (exact) mass is 494 g/mol. The van der Waals surface area contributed by atoms with Gasteiger partial charge in [0.05, 0.1) is 16.8 Å². The van der Waals surface area contributed by atoms with Crippen LogP contribution in [0.5, 0.6) is 0 Å². The average molecular weight is 494 g/mol. The van der Waals surface area contributed by atoms with Crippen LogP contribution in [-0.2, 0) is 17.1 Å². The summed E-state index contributed by atoms with van der Waals surface area (Å²) in [6.07, 6.45) is -6.26. The molecule has 1 aliphatic heterocycles. The molecule has 0 fully saturated rings. The first-order valence-electron chi connectivity index (χ1n) is 11.1. The van der Waals surface area contributed by atoms with Crippen molar-refractivity contribution in [3.05, 3.63) is 82.7 Å². The summed E-state index contributed by atoms with van der Waals surface area (Å²) in [5.74, 6) is -0.480. The maximum atomic E-state index is 13.5. The van der Waals surface area contributed by atoms with Crippen LogP contribution in [-0.4, -0.2) is 5.91 Å². The Morgan fingerprint density at radius 3 is 2.09 bits per heavy atom. The third-order valence-electron chi connectivity index (χ3n) is 6.43. The van der Waals surface area contributed by atoms with Gasteiger partial charge in [-0.25, -0.2) is 0 Å². The molecule has 9 heteroatoms. The van der Waals surface area contributed by atoms with Crippen LogP contribution >= 0.6 is 0 Å². The summed E-state index contributed by atoms with van der Waals surface area (Å²) in [5, 5.41) is 2.84. The lowest BCUT2D eigenvalue weighted by Crippen LogP contribution is -2.29. The Balaban J connectivity index is 1.79. The Bertz CT molecular complexity index is 1220. The minimum Gasteiger partial charge on any atom is -0.351 e. The van der Waals surface area contributed by atoms with Crippen LogP contribution in [0.1, 0.15) is 44.7 Å². The van der Waals surface area contributed by atoms with Crippen molar-refractivity contribution in [3.8, 4) is 0 Å². The van der Waals surface area contributed by atoms with Crippen molar-refractivity contribution in [2.45, 2.75) is 46.0 Å². The fraction of sp³-hybridized carbons (Fsp3) is 0.346. The van der Waals surface area contributed by atoms with Gasteiger partial charge >= 0.3 is 12.4 Å². The van der Waals surface area contributed by atoms with Crippen molar-refractivity contribution in [2.24, 2.45) is 11.3 Å². The molecule has 1 aliphatic carbocycles. The summed E-state index contributed by atoms with van der Waals surface area (Å²) >= 11 is 0. The molecule has 4 rings (SSSR count). The number of allylic oxidation sites excluding steroid dienone is 2. The highest BCUT2D eigenvalue weighted by Gasteiger charge is 2.42. The number of fused-ring (bicyclic) bond motifs is 1. The molecular weight excluding hydrogens is 470 g/mol. The highest BCUT2D eigenvalue weighted by molar-refractivity contribution is 6.15. The van der Waals surface area contributed by atoms with Crippen LogP contribution in [0, 0.1) is 11.3 Å². The highest BCUT2D eigenvalue weighted by Crippen LogP contribution is 2.47. The summed E-state index contributed by atoms with van der Waals surface area (Å²) in [5.41, 5.74) is -0.666. The van der Waals surface area contributed by atoms with E-state index < -0.39 is 29.4 Å². The summed E-state index contributed by atoms with van der Waals surface area (Å²) in [4.78, 5) is 14.7. The molecule has 0 unspecified atom stereocenters. The second-order valence-corrected chi connectivity index (χ2v) is 9.84. The molecule has 0 spiro atoms. The van der Waals surface area contributed by atoms with Gasteiger partial charge in [-0.15, -0.1) is 0 Å². The number of amides is 1. The van der Waals surface area contributed by atoms with Gasteiger partial charge in [-0.05, 0) is 60.6 Å². The number of rotatable bonds is 3. The van der Waals surface area contributed by atoms with Crippen molar-refractivity contribution < 1.29 is 31.1 Å². The van der Waals surface area contributed by atoms with Gasteiger partial charge in [0.15, 0.2) is 0 Å². The molecule has 1 heterocycles. The summed E-state index contributed by atoms with van der Waals surface area (Å²) in [6, 6.07) is 8.94. The Morgan fingerprint density at radius 2 is 1.49 bits per heavy atom. The van der Waals surface area contributed by atoms with E-state index >= 15 is 0 Å². The standard InChI is InChI=1S/C26H24F6N2O/c1-24(2,3)15-10-11-21-20(14-15)22(33-18-8-4-6-16(12-18)25(27,28)29)23(35)34(21)19-9-5-7-17(13-19)26(30,31)32/h4-9,11-13,15,33H,10,14H2,1-3H3/t15-/m0/s1. The zero-order chi connectivity index (χ0) is 25.8. The molecular formula is C26H24F6N2O. The molecule has 0 saturated heterocycles. The van der Waals surface area contributed by atoms with Crippen LogP contribution in [0.2, 0.25) is 0 Å². The predicted molar refractivity (Wildman–Crippen MR) is 121 cm³/mol. The number of carbonyl (C=O) groups is 1. The minimum absolute atomic E-state index is 0.0450. The summed E-state index contributed by atoms with van der Waals surface area (Å²) in [6.45, 7) is 6.16. The lowest BCUT2D eigenvalue weighted by molar-refractivity contribution is -0.138. The van der Waals surface area contributed by atoms with Crippen LogP contribution in [0.3, 0.4) is 0 Å². The van der Waals surface area contributed by atoms with E-state index in [1.165, 1.54) is 29.2 Å². The maximum Gasteiger partial charge on any atom is 0.416 e. The van der Waals surface area contributed by atoms with Crippen LogP contribution in [0.15, 0.2) is 71.6 Å². The van der Waals surface area contributed by atoms with Gasteiger partial charge in [-0.2, -0.15) is 26.3 Å². The second kappa shape index (κ2) is 8.46. The number of carbonyl (C=O) groups excluding carboxylic acids is 1. The Labute approximate surface area is 199 Å². The first kappa shape index (κ1) is 24.9. The highest BCUT2D eigenvalue weighted by atomic mass is 19.4.